The fraction of sp³-hybridized carbons (Fsp3) is 0.423. The number of hydrogen-bond donors (Lipinski definition) is 1. The van der Waals surface area contributed by atoms with Gasteiger partial charge in [0.1, 0.15) is 22.0 Å². The lowest BCUT2D eigenvalue weighted by Gasteiger charge is -2.15. The van der Waals surface area contributed by atoms with Crippen molar-refractivity contribution in [2.24, 2.45) is 0 Å². The van der Waals surface area contributed by atoms with Crippen LogP contribution in [0, 0.1) is 13.8 Å². The molecule has 0 bridgehead atoms. The normalized spacial score (nSPS) is 13.6. The summed E-state index contributed by atoms with van der Waals surface area (Å²) in [6, 6.07) is 2.09. The fourth-order valence-electron chi connectivity index (χ4n) is 4.41. The minimum Gasteiger partial charge on any atom is -0.493 e. The van der Waals surface area contributed by atoms with Gasteiger partial charge < -0.3 is 13.9 Å². The van der Waals surface area contributed by atoms with Gasteiger partial charge in [0.25, 0.3) is 0 Å². The molecule has 1 aliphatic carbocycles. The predicted octanol–water partition coefficient (Wildman–Crippen LogP) is 6.00. The number of carbonyl (C=O) groups excluding carboxylic acids is 2. The molecular weight excluding hydrogens is 452 g/mol. The van der Waals surface area contributed by atoms with Crippen LogP contribution in [0.2, 0.25) is 0 Å². The van der Waals surface area contributed by atoms with Crippen molar-refractivity contribution in [2.45, 2.75) is 60.3 Å². The number of furan rings is 1. The molecule has 180 valence electrons. The van der Waals surface area contributed by atoms with Gasteiger partial charge in [-0.15, -0.1) is 0 Å². The van der Waals surface area contributed by atoms with Crippen LogP contribution in [0.5, 0.6) is 5.75 Å². The molecule has 0 unspecified atom stereocenters. The molecule has 1 N–H and O–H groups in total. The number of fused-ring (bicyclic) bond motifs is 3. The van der Waals surface area contributed by atoms with Crippen molar-refractivity contribution < 1.29 is 23.5 Å². The number of carbonyl (C=O) groups is 2. The van der Waals surface area contributed by atoms with Crippen LogP contribution in [0.25, 0.3) is 16.5 Å². The molecule has 0 spiro atoms. The van der Waals surface area contributed by atoms with E-state index in [0.717, 1.165) is 76.2 Å². The topological polar surface area (TPSA) is 90.7 Å². The van der Waals surface area contributed by atoms with Crippen LogP contribution in [-0.2, 0) is 22.4 Å². The largest absolute Gasteiger partial charge is 0.493 e. The van der Waals surface area contributed by atoms with Gasteiger partial charge in [0, 0.05) is 34.6 Å². The maximum atomic E-state index is 12.8. The number of thiazole rings is 1. The Morgan fingerprint density at radius 2 is 1.97 bits per heavy atom. The molecule has 1 aliphatic rings. The van der Waals surface area contributed by atoms with E-state index in [-0.39, 0.29) is 12.5 Å². The molecule has 1 aromatic carbocycles. The summed E-state index contributed by atoms with van der Waals surface area (Å²) in [4.78, 5) is 29.6. The Balaban J connectivity index is 1.66. The molecule has 0 radical (unpaired) electrons. The van der Waals surface area contributed by atoms with Gasteiger partial charge in [-0.1, -0.05) is 11.3 Å². The molecule has 34 heavy (non-hydrogen) atoms. The summed E-state index contributed by atoms with van der Waals surface area (Å²) in [6.45, 7) is 10.1. The Bertz CT molecular complexity index is 1280. The van der Waals surface area contributed by atoms with Gasteiger partial charge in [0.2, 0.25) is 5.91 Å². The second kappa shape index (κ2) is 10.0. The van der Waals surface area contributed by atoms with Crippen LogP contribution >= 0.6 is 11.3 Å². The van der Waals surface area contributed by atoms with Crippen LogP contribution in [0.4, 0.5) is 5.13 Å². The van der Waals surface area contributed by atoms with Crippen molar-refractivity contribution in [3.8, 4) is 5.75 Å². The molecule has 7 nitrogen and oxygen atoms in total. The van der Waals surface area contributed by atoms with Crippen molar-refractivity contribution in [1.29, 1.82) is 0 Å². The number of rotatable bonds is 7. The van der Waals surface area contributed by atoms with Crippen LogP contribution in [0.3, 0.4) is 0 Å². The Labute approximate surface area is 203 Å². The first-order chi connectivity index (χ1) is 16.3. The highest BCUT2D eigenvalue weighted by Gasteiger charge is 2.23. The zero-order chi connectivity index (χ0) is 24.4. The summed E-state index contributed by atoms with van der Waals surface area (Å²) in [5, 5.41) is 4.24. The summed E-state index contributed by atoms with van der Waals surface area (Å²) in [5.41, 5.74) is 5.28. The van der Waals surface area contributed by atoms with E-state index >= 15 is 0 Å². The number of aryl methyl sites for hydroxylation is 4. The fourth-order valence-corrected chi connectivity index (χ4v) is 5.27. The van der Waals surface area contributed by atoms with Crippen LogP contribution in [0.15, 0.2) is 16.6 Å². The maximum Gasteiger partial charge on any atom is 0.350 e. The Hall–Kier alpha value is -3.13. The molecule has 8 heteroatoms. The molecule has 0 fully saturated rings. The highest BCUT2D eigenvalue weighted by molar-refractivity contribution is 7.17. The summed E-state index contributed by atoms with van der Waals surface area (Å²) in [6.07, 6.45) is 5.80. The zero-order valence-electron chi connectivity index (χ0n) is 20.3. The molecular formula is C26H30N2O5S. The van der Waals surface area contributed by atoms with Gasteiger partial charge >= 0.3 is 5.97 Å². The van der Waals surface area contributed by atoms with Gasteiger partial charge in [0.15, 0.2) is 5.13 Å². The van der Waals surface area contributed by atoms with E-state index in [1.165, 1.54) is 11.6 Å². The van der Waals surface area contributed by atoms with Gasteiger partial charge in [-0.3, -0.25) is 10.1 Å². The smallest absolute Gasteiger partial charge is 0.350 e. The summed E-state index contributed by atoms with van der Waals surface area (Å²) >= 11 is 1.11. The van der Waals surface area contributed by atoms with Crippen LogP contribution in [0.1, 0.15) is 71.4 Å². The minimum absolute atomic E-state index is 0.283. The van der Waals surface area contributed by atoms with Crippen molar-refractivity contribution in [2.75, 3.05) is 18.5 Å². The van der Waals surface area contributed by atoms with E-state index in [2.05, 4.69) is 16.4 Å². The van der Waals surface area contributed by atoms with Crippen LogP contribution in [-0.4, -0.2) is 30.1 Å². The highest BCUT2D eigenvalue weighted by atomic mass is 32.1. The first kappa shape index (κ1) is 24.0. The molecule has 4 rings (SSSR count). The second-order valence-corrected chi connectivity index (χ2v) is 9.37. The first-order valence-electron chi connectivity index (χ1n) is 11.7. The molecule has 3 aromatic rings. The predicted molar refractivity (Wildman–Crippen MR) is 134 cm³/mol. The molecule has 2 heterocycles. The summed E-state index contributed by atoms with van der Waals surface area (Å²) in [7, 11) is 0. The Morgan fingerprint density at radius 3 is 2.71 bits per heavy atom. The molecule has 2 aromatic heterocycles. The lowest BCUT2D eigenvalue weighted by molar-refractivity contribution is -0.111. The van der Waals surface area contributed by atoms with E-state index in [1.54, 1.807) is 13.8 Å². The third-order valence-electron chi connectivity index (χ3n) is 5.98. The number of esters is 1. The number of aromatic nitrogens is 1. The number of anilines is 1. The lowest BCUT2D eigenvalue weighted by atomic mass is 9.93. The summed E-state index contributed by atoms with van der Waals surface area (Å²) < 4.78 is 17.3. The van der Waals surface area contributed by atoms with Crippen molar-refractivity contribution >= 4 is 44.9 Å². The monoisotopic (exact) mass is 482 g/mol. The summed E-state index contributed by atoms with van der Waals surface area (Å²) in [5.74, 6) is 1.05. The van der Waals surface area contributed by atoms with E-state index < -0.39 is 5.97 Å². The number of ether oxygens (including phenoxy) is 2. The second-order valence-electron chi connectivity index (χ2n) is 8.37. The number of allylic oxidation sites excluding steroid dienone is 1. The SMILES string of the molecule is CCOC(=O)c1sc(NC(=O)/C=C(\C)c2cc3c4c(oc3c(C)c2OCC)CCCC4)nc1C. The molecule has 1 amide bonds. The number of nitrogens with zero attached hydrogens (tertiary/aromatic N) is 1. The molecule has 0 saturated carbocycles. The average molecular weight is 483 g/mol. The first-order valence-corrected chi connectivity index (χ1v) is 12.5. The number of hydrogen-bond acceptors (Lipinski definition) is 7. The Kier molecular flexibility index (Phi) is 7.07. The van der Waals surface area contributed by atoms with E-state index in [9.17, 15) is 9.59 Å². The highest BCUT2D eigenvalue weighted by Crippen LogP contribution is 2.41. The van der Waals surface area contributed by atoms with E-state index in [4.69, 9.17) is 13.9 Å². The van der Waals surface area contributed by atoms with E-state index in [1.807, 2.05) is 20.8 Å². The molecule has 0 atom stereocenters. The Morgan fingerprint density at radius 1 is 1.21 bits per heavy atom. The van der Waals surface area contributed by atoms with Crippen molar-refractivity contribution in [3.05, 3.63) is 45.2 Å². The third kappa shape index (κ3) is 4.59. The average Bonchev–Trinajstić information content (AvgIpc) is 3.36. The van der Waals surface area contributed by atoms with Gasteiger partial charge in [-0.2, -0.15) is 0 Å². The van der Waals surface area contributed by atoms with Gasteiger partial charge in [-0.05, 0) is 65.5 Å². The number of amides is 1. The zero-order valence-corrected chi connectivity index (χ0v) is 21.1. The van der Waals surface area contributed by atoms with E-state index in [0.29, 0.717) is 22.3 Å². The van der Waals surface area contributed by atoms with Gasteiger partial charge in [-0.25, -0.2) is 9.78 Å². The van der Waals surface area contributed by atoms with Crippen molar-refractivity contribution in [3.63, 3.8) is 0 Å². The maximum absolute atomic E-state index is 12.8. The minimum atomic E-state index is -0.432. The van der Waals surface area contributed by atoms with Crippen LogP contribution < -0.4 is 10.1 Å². The standard InChI is InChI=1S/C26H30N2O5S/c1-6-31-22-15(4)23-19(17-10-8-9-11-20(17)33-23)13-18(22)14(3)12-21(29)28-26-27-16(5)24(34-26)25(30)32-7-2/h12-13H,6-11H2,1-5H3,(H,27,28,29)/b14-12+. The molecule has 0 aliphatic heterocycles. The third-order valence-corrected chi connectivity index (χ3v) is 7.03. The lowest BCUT2D eigenvalue weighted by Crippen LogP contribution is -2.08. The van der Waals surface area contributed by atoms with Crippen molar-refractivity contribution in [1.82, 2.24) is 4.98 Å². The quantitative estimate of drug-likeness (QED) is 0.328. The van der Waals surface area contributed by atoms with Gasteiger partial charge in [0.05, 0.1) is 18.9 Å². The molecule has 0 saturated heterocycles. The number of benzene rings is 1. The number of nitrogens with one attached hydrogen (secondary N) is 1.